The summed E-state index contributed by atoms with van der Waals surface area (Å²) >= 11 is 0. The molecule has 2 nitrogen and oxygen atoms in total. The molecular formula is C17H30O2. The van der Waals surface area contributed by atoms with Crippen molar-refractivity contribution in [3.63, 3.8) is 0 Å². The van der Waals surface area contributed by atoms with Crippen LogP contribution in [0.2, 0.25) is 0 Å². The Balaban J connectivity index is 2.06. The summed E-state index contributed by atoms with van der Waals surface area (Å²) in [6.07, 6.45) is 7.58. The first-order valence-corrected chi connectivity index (χ1v) is 7.82. The van der Waals surface area contributed by atoms with Gasteiger partial charge in [-0.2, -0.15) is 0 Å². The van der Waals surface area contributed by atoms with Crippen molar-refractivity contribution in [1.82, 2.24) is 0 Å². The standard InChI is InChI=1S/C17H30O2/c1-12(2)7-6-8-14(4)16-15(18-5)9-13(3)10-17(16)11-19-17/h8,12-13,15-16H,6-7,9-11H2,1-5H3/b14-8+/t13-,15+,16?,17?/m0/s1. The molecule has 1 spiro atoms. The molecule has 2 aliphatic rings. The van der Waals surface area contributed by atoms with Crippen molar-refractivity contribution in [2.75, 3.05) is 13.7 Å². The SMILES string of the molecule is CO[C@@H]1C[C@H](C)CC2(CO2)C1/C(C)=C/CCC(C)C. The van der Waals surface area contributed by atoms with E-state index in [0.717, 1.165) is 12.5 Å². The Bertz CT molecular complexity index is 328. The van der Waals surface area contributed by atoms with Gasteiger partial charge in [0.2, 0.25) is 0 Å². The van der Waals surface area contributed by atoms with E-state index >= 15 is 0 Å². The molecule has 1 heterocycles. The second kappa shape index (κ2) is 5.97. The minimum atomic E-state index is 0.108. The van der Waals surface area contributed by atoms with Crippen molar-refractivity contribution in [1.29, 1.82) is 0 Å². The molecule has 0 aromatic carbocycles. The van der Waals surface area contributed by atoms with E-state index in [1.54, 1.807) is 0 Å². The van der Waals surface area contributed by atoms with Crippen LogP contribution in [0, 0.1) is 17.8 Å². The summed E-state index contributed by atoms with van der Waals surface area (Å²) in [4.78, 5) is 0. The Morgan fingerprint density at radius 3 is 2.68 bits per heavy atom. The Labute approximate surface area is 118 Å². The zero-order valence-electron chi connectivity index (χ0n) is 13.2. The molecule has 0 bridgehead atoms. The third-order valence-corrected chi connectivity index (χ3v) is 4.79. The molecule has 0 amide bonds. The minimum Gasteiger partial charge on any atom is -0.381 e. The molecule has 0 N–H and O–H groups in total. The molecule has 19 heavy (non-hydrogen) atoms. The van der Waals surface area contributed by atoms with Crippen LogP contribution in [0.15, 0.2) is 11.6 Å². The number of methoxy groups -OCH3 is 1. The second-order valence-corrected chi connectivity index (χ2v) is 7.07. The van der Waals surface area contributed by atoms with Gasteiger partial charge < -0.3 is 9.47 Å². The van der Waals surface area contributed by atoms with E-state index in [2.05, 4.69) is 33.8 Å². The fourth-order valence-electron chi connectivity index (χ4n) is 3.77. The molecule has 2 rings (SSSR count). The van der Waals surface area contributed by atoms with E-state index in [1.807, 2.05) is 7.11 Å². The highest BCUT2D eigenvalue weighted by Crippen LogP contribution is 2.51. The van der Waals surface area contributed by atoms with E-state index < -0.39 is 0 Å². The lowest BCUT2D eigenvalue weighted by molar-refractivity contribution is -0.0196. The summed E-state index contributed by atoms with van der Waals surface area (Å²) in [6, 6.07) is 0. The van der Waals surface area contributed by atoms with Crippen molar-refractivity contribution in [2.24, 2.45) is 17.8 Å². The van der Waals surface area contributed by atoms with Crippen molar-refractivity contribution in [3.8, 4) is 0 Å². The highest BCUT2D eigenvalue weighted by Gasteiger charge is 2.58. The van der Waals surface area contributed by atoms with E-state index in [1.165, 1.54) is 31.3 Å². The topological polar surface area (TPSA) is 21.8 Å². The van der Waals surface area contributed by atoms with Crippen molar-refractivity contribution >= 4 is 0 Å². The monoisotopic (exact) mass is 266 g/mol. The van der Waals surface area contributed by atoms with E-state index in [4.69, 9.17) is 9.47 Å². The normalized spacial score (nSPS) is 39.1. The van der Waals surface area contributed by atoms with Gasteiger partial charge in [0.1, 0.15) is 5.60 Å². The Morgan fingerprint density at radius 1 is 1.47 bits per heavy atom. The lowest BCUT2D eigenvalue weighted by Gasteiger charge is -2.39. The van der Waals surface area contributed by atoms with Crippen LogP contribution in [-0.2, 0) is 9.47 Å². The maximum Gasteiger partial charge on any atom is 0.101 e. The summed E-state index contributed by atoms with van der Waals surface area (Å²) in [5, 5.41) is 0. The third kappa shape index (κ3) is 3.41. The van der Waals surface area contributed by atoms with Gasteiger partial charge in [0, 0.05) is 13.0 Å². The summed E-state index contributed by atoms with van der Waals surface area (Å²) < 4.78 is 11.7. The Kier molecular flexibility index (Phi) is 4.73. The molecule has 1 aliphatic carbocycles. The highest BCUT2D eigenvalue weighted by molar-refractivity contribution is 5.19. The third-order valence-electron chi connectivity index (χ3n) is 4.79. The largest absolute Gasteiger partial charge is 0.381 e. The quantitative estimate of drug-likeness (QED) is 0.549. The molecule has 0 aromatic rings. The van der Waals surface area contributed by atoms with Crippen LogP contribution in [0.1, 0.15) is 53.4 Å². The second-order valence-electron chi connectivity index (χ2n) is 7.07. The first-order valence-electron chi connectivity index (χ1n) is 7.82. The van der Waals surface area contributed by atoms with Gasteiger partial charge in [-0.1, -0.05) is 32.4 Å². The van der Waals surface area contributed by atoms with E-state index in [0.29, 0.717) is 17.9 Å². The molecule has 0 aromatic heterocycles. The van der Waals surface area contributed by atoms with Crippen molar-refractivity contribution in [3.05, 3.63) is 11.6 Å². The van der Waals surface area contributed by atoms with Crippen molar-refractivity contribution < 1.29 is 9.47 Å². The summed E-state index contributed by atoms with van der Waals surface area (Å²) in [5.74, 6) is 1.97. The zero-order chi connectivity index (χ0) is 14.0. The number of allylic oxidation sites excluding steroid dienone is 1. The lowest BCUT2D eigenvalue weighted by Crippen LogP contribution is -2.43. The fourth-order valence-corrected chi connectivity index (χ4v) is 3.77. The van der Waals surface area contributed by atoms with Gasteiger partial charge in [-0.05, 0) is 44.4 Å². The molecular weight excluding hydrogens is 236 g/mol. The molecule has 4 atom stereocenters. The Morgan fingerprint density at radius 2 is 2.16 bits per heavy atom. The number of hydrogen-bond acceptors (Lipinski definition) is 2. The molecule has 2 fully saturated rings. The Hall–Kier alpha value is -0.340. The van der Waals surface area contributed by atoms with Gasteiger partial charge in [-0.3, -0.25) is 0 Å². The van der Waals surface area contributed by atoms with Gasteiger partial charge in [0.25, 0.3) is 0 Å². The van der Waals surface area contributed by atoms with Crippen LogP contribution < -0.4 is 0 Å². The van der Waals surface area contributed by atoms with Crippen molar-refractivity contribution in [2.45, 2.75) is 65.1 Å². The van der Waals surface area contributed by atoms with Crippen LogP contribution in [0.3, 0.4) is 0 Å². The molecule has 1 saturated heterocycles. The minimum absolute atomic E-state index is 0.108. The molecule has 110 valence electrons. The average molecular weight is 266 g/mol. The summed E-state index contributed by atoms with van der Waals surface area (Å²) in [6.45, 7) is 10.1. The fraction of sp³-hybridized carbons (Fsp3) is 0.882. The van der Waals surface area contributed by atoms with Gasteiger partial charge in [0.15, 0.2) is 0 Å². The van der Waals surface area contributed by atoms with E-state index in [9.17, 15) is 0 Å². The van der Waals surface area contributed by atoms with Crippen LogP contribution in [0.25, 0.3) is 0 Å². The van der Waals surface area contributed by atoms with Gasteiger partial charge in [-0.25, -0.2) is 0 Å². The maximum absolute atomic E-state index is 5.88. The molecule has 2 unspecified atom stereocenters. The number of rotatable bonds is 5. The maximum atomic E-state index is 5.88. The predicted molar refractivity (Wildman–Crippen MR) is 79.2 cm³/mol. The molecule has 0 radical (unpaired) electrons. The van der Waals surface area contributed by atoms with Crippen LogP contribution in [-0.4, -0.2) is 25.4 Å². The summed E-state index contributed by atoms with van der Waals surface area (Å²) in [7, 11) is 1.85. The molecule has 1 saturated carbocycles. The zero-order valence-corrected chi connectivity index (χ0v) is 13.2. The van der Waals surface area contributed by atoms with Gasteiger partial charge in [-0.15, -0.1) is 0 Å². The highest BCUT2D eigenvalue weighted by atomic mass is 16.6. The van der Waals surface area contributed by atoms with Gasteiger partial charge >= 0.3 is 0 Å². The number of hydrogen-bond donors (Lipinski definition) is 0. The van der Waals surface area contributed by atoms with E-state index in [-0.39, 0.29) is 5.60 Å². The van der Waals surface area contributed by atoms with Gasteiger partial charge in [0.05, 0.1) is 12.7 Å². The lowest BCUT2D eigenvalue weighted by atomic mass is 9.69. The smallest absolute Gasteiger partial charge is 0.101 e. The van der Waals surface area contributed by atoms with Crippen LogP contribution in [0.5, 0.6) is 0 Å². The predicted octanol–water partition coefficient (Wildman–Crippen LogP) is 4.20. The van der Waals surface area contributed by atoms with Crippen LogP contribution in [0.4, 0.5) is 0 Å². The number of epoxide rings is 1. The summed E-state index contributed by atoms with van der Waals surface area (Å²) in [5.41, 5.74) is 1.59. The first kappa shape index (κ1) is 15.1. The number of ether oxygens (including phenoxy) is 2. The first-order chi connectivity index (χ1) is 8.98. The van der Waals surface area contributed by atoms with Crippen LogP contribution >= 0.6 is 0 Å². The molecule has 2 heteroatoms. The average Bonchev–Trinajstić information content (AvgIpc) is 3.07. The molecule has 1 aliphatic heterocycles.